The quantitative estimate of drug-likeness (QED) is 0.896. The molecule has 0 aromatic heterocycles. The molecule has 1 aromatic rings. The number of fused-ring (bicyclic) bond motifs is 1. The van der Waals surface area contributed by atoms with Gasteiger partial charge in [0.25, 0.3) is 0 Å². The predicted molar refractivity (Wildman–Crippen MR) is 69.3 cm³/mol. The van der Waals surface area contributed by atoms with Gasteiger partial charge in [0.1, 0.15) is 0 Å². The Morgan fingerprint density at radius 2 is 2.38 bits per heavy atom. The first kappa shape index (κ1) is 11.9. The van der Waals surface area contributed by atoms with E-state index >= 15 is 0 Å². The first-order valence-electron chi connectivity index (χ1n) is 5.26. The van der Waals surface area contributed by atoms with E-state index in [0.717, 1.165) is 12.2 Å². The third-order valence-electron chi connectivity index (χ3n) is 2.59. The highest BCUT2D eigenvalue weighted by molar-refractivity contribution is 8.04. The largest absolute Gasteiger partial charge is 0.480 e. The number of rotatable bonds is 4. The summed E-state index contributed by atoms with van der Waals surface area (Å²) >= 11 is 3.41. The van der Waals surface area contributed by atoms with Crippen molar-refractivity contribution in [2.75, 3.05) is 5.75 Å². The van der Waals surface area contributed by atoms with E-state index < -0.39 is 5.97 Å². The molecule has 16 heavy (non-hydrogen) atoms. The third kappa shape index (κ3) is 2.74. The van der Waals surface area contributed by atoms with E-state index in [-0.39, 0.29) is 5.25 Å². The van der Waals surface area contributed by atoms with E-state index in [2.05, 4.69) is 24.3 Å². The Morgan fingerprint density at radius 3 is 3.06 bits per heavy atom. The third-order valence-corrected chi connectivity index (χ3v) is 5.42. The molecule has 2 unspecified atom stereocenters. The fourth-order valence-electron chi connectivity index (χ4n) is 1.67. The van der Waals surface area contributed by atoms with Gasteiger partial charge >= 0.3 is 5.97 Å². The SMILES string of the molecule is CC(SCC1Cc2ccccc2S1)C(=O)O. The Balaban J connectivity index is 1.86. The number of carboxylic acid groups (broad SMARTS) is 1. The molecule has 2 atom stereocenters. The Kier molecular flexibility index (Phi) is 3.82. The molecule has 1 aliphatic heterocycles. The van der Waals surface area contributed by atoms with E-state index in [1.54, 1.807) is 6.92 Å². The minimum absolute atomic E-state index is 0.302. The molecular weight excluding hydrogens is 240 g/mol. The number of carbonyl (C=O) groups is 1. The molecule has 86 valence electrons. The van der Waals surface area contributed by atoms with Crippen LogP contribution in [0.4, 0.5) is 0 Å². The molecule has 0 fully saturated rings. The van der Waals surface area contributed by atoms with Crippen LogP contribution in [0.3, 0.4) is 0 Å². The van der Waals surface area contributed by atoms with Crippen LogP contribution in [-0.4, -0.2) is 27.3 Å². The van der Waals surface area contributed by atoms with Gasteiger partial charge in [0.05, 0.1) is 5.25 Å². The smallest absolute Gasteiger partial charge is 0.316 e. The van der Waals surface area contributed by atoms with Gasteiger partial charge in [-0.15, -0.1) is 23.5 Å². The first-order chi connectivity index (χ1) is 7.66. The number of thioether (sulfide) groups is 2. The van der Waals surface area contributed by atoms with Crippen molar-refractivity contribution in [2.45, 2.75) is 28.7 Å². The Morgan fingerprint density at radius 1 is 1.62 bits per heavy atom. The van der Waals surface area contributed by atoms with Gasteiger partial charge in [-0.1, -0.05) is 18.2 Å². The van der Waals surface area contributed by atoms with Crippen LogP contribution in [0.5, 0.6) is 0 Å². The molecule has 1 aliphatic rings. The van der Waals surface area contributed by atoms with Gasteiger partial charge in [-0.25, -0.2) is 0 Å². The van der Waals surface area contributed by atoms with E-state index in [1.165, 1.54) is 22.2 Å². The molecule has 0 amide bonds. The molecule has 0 aliphatic carbocycles. The molecule has 1 N–H and O–H groups in total. The maximum atomic E-state index is 10.7. The molecule has 0 saturated carbocycles. The lowest BCUT2D eigenvalue weighted by Gasteiger charge is -2.10. The van der Waals surface area contributed by atoms with Crippen LogP contribution >= 0.6 is 23.5 Å². The average molecular weight is 254 g/mol. The summed E-state index contributed by atoms with van der Waals surface area (Å²) < 4.78 is 0. The van der Waals surface area contributed by atoms with Crippen LogP contribution in [0.2, 0.25) is 0 Å². The van der Waals surface area contributed by atoms with E-state index in [0.29, 0.717) is 5.25 Å². The highest BCUT2D eigenvalue weighted by Crippen LogP contribution is 2.38. The first-order valence-corrected chi connectivity index (χ1v) is 7.18. The number of carboxylic acids is 1. The number of hydrogen-bond donors (Lipinski definition) is 1. The highest BCUT2D eigenvalue weighted by atomic mass is 32.2. The van der Waals surface area contributed by atoms with E-state index in [4.69, 9.17) is 5.11 Å². The van der Waals surface area contributed by atoms with E-state index in [1.807, 2.05) is 11.8 Å². The zero-order valence-corrected chi connectivity index (χ0v) is 10.7. The molecule has 0 bridgehead atoms. The summed E-state index contributed by atoms with van der Waals surface area (Å²) in [6.45, 7) is 1.75. The van der Waals surface area contributed by atoms with Crippen LogP contribution < -0.4 is 0 Å². The van der Waals surface area contributed by atoms with Crippen LogP contribution in [0, 0.1) is 0 Å². The fourth-order valence-corrected chi connectivity index (χ4v) is 4.02. The minimum atomic E-state index is -0.717. The van der Waals surface area contributed by atoms with Crippen molar-refractivity contribution in [3.05, 3.63) is 29.8 Å². The summed E-state index contributed by atoms with van der Waals surface area (Å²) in [5.41, 5.74) is 1.40. The number of aliphatic carboxylic acids is 1. The maximum absolute atomic E-state index is 10.7. The van der Waals surface area contributed by atoms with Gasteiger partial charge in [0, 0.05) is 15.9 Å². The Hall–Kier alpha value is -0.610. The molecule has 1 heterocycles. The zero-order valence-electron chi connectivity index (χ0n) is 9.05. The predicted octanol–water partition coefficient (Wildman–Crippen LogP) is 2.91. The summed E-state index contributed by atoms with van der Waals surface area (Å²) in [5.74, 6) is 0.192. The van der Waals surface area contributed by atoms with Gasteiger partial charge in [-0.05, 0) is 25.0 Å². The standard InChI is InChI=1S/C12H14O2S2/c1-8(12(13)14)15-7-10-6-9-4-2-3-5-11(9)16-10/h2-5,8,10H,6-7H2,1H3,(H,13,14). The van der Waals surface area contributed by atoms with Crippen LogP contribution in [0.15, 0.2) is 29.2 Å². The molecule has 0 radical (unpaired) electrons. The van der Waals surface area contributed by atoms with Gasteiger partial charge < -0.3 is 5.11 Å². The lowest BCUT2D eigenvalue weighted by atomic mass is 10.1. The molecule has 1 aromatic carbocycles. The second-order valence-corrected chi connectivity index (χ2v) is 6.58. The summed E-state index contributed by atoms with van der Waals surface area (Å²) in [7, 11) is 0. The number of benzene rings is 1. The zero-order chi connectivity index (χ0) is 11.5. The second kappa shape index (κ2) is 5.15. The molecule has 0 saturated heterocycles. The topological polar surface area (TPSA) is 37.3 Å². The second-order valence-electron chi connectivity index (χ2n) is 3.87. The molecule has 2 nitrogen and oxygen atoms in total. The van der Waals surface area contributed by atoms with Crippen LogP contribution in [0.1, 0.15) is 12.5 Å². The average Bonchev–Trinajstić information content (AvgIpc) is 2.68. The van der Waals surface area contributed by atoms with Crippen molar-refractivity contribution in [1.82, 2.24) is 0 Å². The maximum Gasteiger partial charge on any atom is 0.316 e. The van der Waals surface area contributed by atoms with Crippen LogP contribution in [0.25, 0.3) is 0 Å². The summed E-state index contributed by atoms with van der Waals surface area (Å²) in [5, 5.41) is 9.03. The molecule has 0 spiro atoms. The van der Waals surface area contributed by atoms with Crippen molar-refractivity contribution in [1.29, 1.82) is 0 Å². The van der Waals surface area contributed by atoms with Crippen molar-refractivity contribution in [3.63, 3.8) is 0 Å². The summed E-state index contributed by atoms with van der Waals surface area (Å²) in [4.78, 5) is 12.1. The van der Waals surface area contributed by atoms with Crippen LogP contribution in [-0.2, 0) is 11.2 Å². The van der Waals surface area contributed by atoms with E-state index in [9.17, 15) is 4.79 Å². The molecular formula is C12H14O2S2. The Labute approximate surface area is 104 Å². The summed E-state index contributed by atoms with van der Waals surface area (Å²) in [6, 6.07) is 8.43. The molecule has 2 rings (SSSR count). The monoisotopic (exact) mass is 254 g/mol. The normalized spacial score (nSPS) is 20.4. The van der Waals surface area contributed by atoms with Crippen molar-refractivity contribution in [3.8, 4) is 0 Å². The minimum Gasteiger partial charge on any atom is -0.480 e. The summed E-state index contributed by atoms with van der Waals surface area (Å²) in [6.07, 6.45) is 1.07. The number of hydrogen-bond acceptors (Lipinski definition) is 3. The molecule has 4 heteroatoms. The lowest BCUT2D eigenvalue weighted by Crippen LogP contribution is -2.15. The highest BCUT2D eigenvalue weighted by Gasteiger charge is 2.23. The van der Waals surface area contributed by atoms with Crippen molar-refractivity contribution in [2.24, 2.45) is 0 Å². The van der Waals surface area contributed by atoms with Crippen molar-refractivity contribution < 1.29 is 9.90 Å². The van der Waals surface area contributed by atoms with Gasteiger partial charge in [-0.3, -0.25) is 4.79 Å². The van der Waals surface area contributed by atoms with Gasteiger partial charge in [0.15, 0.2) is 0 Å². The Bertz CT molecular complexity index is 367. The lowest BCUT2D eigenvalue weighted by molar-refractivity contribution is -0.136. The van der Waals surface area contributed by atoms with Gasteiger partial charge in [-0.2, -0.15) is 0 Å². The van der Waals surface area contributed by atoms with Crippen molar-refractivity contribution >= 4 is 29.5 Å². The van der Waals surface area contributed by atoms with Gasteiger partial charge in [0.2, 0.25) is 0 Å². The fraction of sp³-hybridized carbons (Fsp3) is 0.417.